The fraction of sp³-hybridized carbons (Fsp3) is 0.636. The molecule has 5 heteroatoms. The van der Waals surface area contributed by atoms with Gasteiger partial charge in [0.15, 0.2) is 11.9 Å². The van der Waals surface area contributed by atoms with Crippen molar-refractivity contribution in [1.82, 2.24) is 14.7 Å². The van der Waals surface area contributed by atoms with E-state index in [9.17, 15) is 4.79 Å². The Bertz CT molecular complexity index is 358. The number of carbonyl (C=O) groups is 1. The van der Waals surface area contributed by atoms with Gasteiger partial charge in [-0.15, -0.1) is 0 Å². The zero-order valence-corrected chi connectivity index (χ0v) is 10.5. The maximum absolute atomic E-state index is 11.6. The Morgan fingerprint density at radius 1 is 1.44 bits per heavy atom. The second-order valence-corrected chi connectivity index (χ2v) is 4.24. The lowest BCUT2D eigenvalue weighted by Crippen LogP contribution is -2.35. The van der Waals surface area contributed by atoms with E-state index in [2.05, 4.69) is 5.10 Å². The number of hydrogen-bond acceptors (Lipinski definition) is 3. The first kappa shape index (κ1) is 12.5. The molecule has 0 saturated carbocycles. The summed E-state index contributed by atoms with van der Waals surface area (Å²) in [5.74, 6) is 0.564. The van der Waals surface area contributed by atoms with E-state index in [4.69, 9.17) is 4.74 Å². The van der Waals surface area contributed by atoms with Crippen LogP contribution < -0.4 is 4.74 Å². The monoisotopic (exact) mass is 225 g/mol. The van der Waals surface area contributed by atoms with Gasteiger partial charge < -0.3 is 9.64 Å². The molecule has 0 saturated heterocycles. The lowest BCUT2D eigenvalue weighted by Gasteiger charge is -2.17. The lowest BCUT2D eigenvalue weighted by atomic mass is 10.3. The molecule has 0 spiro atoms. The summed E-state index contributed by atoms with van der Waals surface area (Å²) in [6.07, 6.45) is 2.93. The third kappa shape index (κ3) is 2.98. The summed E-state index contributed by atoms with van der Waals surface area (Å²) in [5, 5.41) is 4.14. The van der Waals surface area contributed by atoms with Crippen molar-refractivity contribution in [2.24, 2.45) is 0 Å². The van der Waals surface area contributed by atoms with E-state index in [-0.39, 0.29) is 11.9 Å². The Kier molecular flexibility index (Phi) is 3.93. The van der Waals surface area contributed by atoms with Gasteiger partial charge in [0.2, 0.25) is 0 Å². The van der Waals surface area contributed by atoms with E-state index in [1.165, 1.54) is 4.90 Å². The molecule has 0 aromatic carbocycles. The molecule has 0 fully saturated rings. The van der Waals surface area contributed by atoms with Gasteiger partial charge in [-0.1, -0.05) is 0 Å². The third-order valence-electron chi connectivity index (χ3n) is 2.21. The van der Waals surface area contributed by atoms with Gasteiger partial charge in [-0.25, -0.2) is 0 Å². The third-order valence-corrected chi connectivity index (χ3v) is 2.21. The fourth-order valence-electron chi connectivity index (χ4n) is 1.28. The van der Waals surface area contributed by atoms with Crippen LogP contribution in [-0.4, -0.2) is 40.8 Å². The maximum Gasteiger partial charge on any atom is 0.262 e. The normalized spacial score (nSPS) is 12.6. The van der Waals surface area contributed by atoms with Gasteiger partial charge in [-0.05, 0) is 20.8 Å². The SMILES string of the molecule is CC(Oc1cnn(C(C)C)c1)C(=O)N(C)C. The van der Waals surface area contributed by atoms with Crippen LogP contribution in [0.2, 0.25) is 0 Å². The van der Waals surface area contributed by atoms with Gasteiger partial charge in [0.25, 0.3) is 5.91 Å². The maximum atomic E-state index is 11.6. The summed E-state index contributed by atoms with van der Waals surface area (Å²) < 4.78 is 7.29. The van der Waals surface area contributed by atoms with E-state index in [1.54, 1.807) is 38.1 Å². The van der Waals surface area contributed by atoms with Crippen molar-refractivity contribution in [2.75, 3.05) is 14.1 Å². The molecule has 1 heterocycles. The molecular formula is C11H19N3O2. The molecule has 1 aromatic heterocycles. The van der Waals surface area contributed by atoms with E-state index < -0.39 is 6.10 Å². The minimum Gasteiger partial charge on any atom is -0.478 e. The standard InChI is InChI=1S/C11H19N3O2/c1-8(2)14-7-10(6-12-14)16-9(3)11(15)13(4)5/h6-9H,1-5H3. The number of hydrogen-bond donors (Lipinski definition) is 0. The van der Waals surface area contributed by atoms with Crippen LogP contribution in [0.1, 0.15) is 26.8 Å². The Morgan fingerprint density at radius 3 is 2.50 bits per heavy atom. The number of rotatable bonds is 4. The lowest BCUT2D eigenvalue weighted by molar-refractivity contribution is -0.135. The van der Waals surface area contributed by atoms with Crippen molar-refractivity contribution < 1.29 is 9.53 Å². The molecule has 1 unspecified atom stereocenters. The number of carbonyl (C=O) groups excluding carboxylic acids is 1. The van der Waals surface area contributed by atoms with Crippen LogP contribution in [0.25, 0.3) is 0 Å². The molecule has 0 aliphatic carbocycles. The predicted molar refractivity (Wildman–Crippen MR) is 61.4 cm³/mol. The van der Waals surface area contributed by atoms with Crippen LogP contribution in [0.3, 0.4) is 0 Å². The molecule has 90 valence electrons. The Morgan fingerprint density at radius 2 is 2.06 bits per heavy atom. The van der Waals surface area contributed by atoms with Gasteiger partial charge in [0, 0.05) is 20.1 Å². The number of amides is 1. The molecule has 16 heavy (non-hydrogen) atoms. The topological polar surface area (TPSA) is 47.4 Å². The van der Waals surface area contributed by atoms with Crippen LogP contribution in [0.15, 0.2) is 12.4 Å². The van der Waals surface area contributed by atoms with Crippen molar-refractivity contribution in [3.8, 4) is 5.75 Å². The molecule has 5 nitrogen and oxygen atoms in total. The summed E-state index contributed by atoms with van der Waals surface area (Å²) in [6.45, 7) is 5.80. The van der Waals surface area contributed by atoms with E-state index in [0.717, 1.165) is 0 Å². The highest BCUT2D eigenvalue weighted by atomic mass is 16.5. The fourth-order valence-corrected chi connectivity index (χ4v) is 1.28. The molecular weight excluding hydrogens is 206 g/mol. The molecule has 1 amide bonds. The Balaban J connectivity index is 2.63. The minimum atomic E-state index is -0.486. The molecule has 1 atom stereocenters. The van der Waals surface area contributed by atoms with Crippen LogP contribution in [-0.2, 0) is 4.79 Å². The summed E-state index contributed by atoms with van der Waals surface area (Å²) in [7, 11) is 3.42. The second kappa shape index (κ2) is 5.01. The highest BCUT2D eigenvalue weighted by Crippen LogP contribution is 2.14. The molecule has 1 aromatic rings. The van der Waals surface area contributed by atoms with Crippen LogP contribution in [0, 0.1) is 0 Å². The van der Waals surface area contributed by atoms with Crippen LogP contribution in [0.5, 0.6) is 5.75 Å². The minimum absolute atomic E-state index is 0.0581. The zero-order valence-electron chi connectivity index (χ0n) is 10.5. The summed E-state index contributed by atoms with van der Waals surface area (Å²) >= 11 is 0. The van der Waals surface area contributed by atoms with Gasteiger partial charge in [-0.3, -0.25) is 9.48 Å². The predicted octanol–water partition coefficient (Wildman–Crippen LogP) is 1.32. The average molecular weight is 225 g/mol. The Hall–Kier alpha value is -1.52. The number of aromatic nitrogens is 2. The summed E-state index contributed by atoms with van der Waals surface area (Å²) in [5.41, 5.74) is 0. The number of nitrogens with zero attached hydrogens (tertiary/aromatic N) is 3. The summed E-state index contributed by atoms with van der Waals surface area (Å²) in [6, 6.07) is 0.289. The highest BCUT2D eigenvalue weighted by molar-refractivity contribution is 5.80. The first-order chi connectivity index (χ1) is 7.41. The van der Waals surface area contributed by atoms with Gasteiger partial charge in [0.05, 0.1) is 12.4 Å². The highest BCUT2D eigenvalue weighted by Gasteiger charge is 2.17. The molecule has 1 rings (SSSR count). The van der Waals surface area contributed by atoms with E-state index in [1.807, 2.05) is 13.8 Å². The zero-order chi connectivity index (χ0) is 12.3. The number of ether oxygens (including phenoxy) is 1. The molecule has 0 aliphatic rings. The largest absolute Gasteiger partial charge is 0.478 e. The van der Waals surface area contributed by atoms with Crippen molar-refractivity contribution in [3.05, 3.63) is 12.4 Å². The van der Waals surface area contributed by atoms with Crippen molar-refractivity contribution in [2.45, 2.75) is 32.9 Å². The quantitative estimate of drug-likeness (QED) is 0.776. The summed E-state index contributed by atoms with van der Waals surface area (Å²) in [4.78, 5) is 13.1. The first-order valence-corrected chi connectivity index (χ1v) is 5.33. The van der Waals surface area contributed by atoms with Gasteiger partial charge >= 0.3 is 0 Å². The van der Waals surface area contributed by atoms with Crippen LogP contribution >= 0.6 is 0 Å². The first-order valence-electron chi connectivity index (χ1n) is 5.33. The molecule has 0 bridgehead atoms. The van der Waals surface area contributed by atoms with Crippen molar-refractivity contribution in [1.29, 1.82) is 0 Å². The van der Waals surface area contributed by atoms with E-state index >= 15 is 0 Å². The van der Waals surface area contributed by atoms with Crippen molar-refractivity contribution in [3.63, 3.8) is 0 Å². The smallest absolute Gasteiger partial charge is 0.262 e. The van der Waals surface area contributed by atoms with Gasteiger partial charge in [0.1, 0.15) is 0 Å². The molecule has 0 aliphatic heterocycles. The average Bonchev–Trinajstić information content (AvgIpc) is 2.64. The Labute approximate surface area is 96.0 Å². The van der Waals surface area contributed by atoms with Crippen LogP contribution in [0.4, 0.5) is 0 Å². The van der Waals surface area contributed by atoms with Crippen molar-refractivity contribution >= 4 is 5.91 Å². The molecule has 0 N–H and O–H groups in total. The second-order valence-electron chi connectivity index (χ2n) is 4.24. The van der Waals surface area contributed by atoms with E-state index in [0.29, 0.717) is 5.75 Å². The van der Waals surface area contributed by atoms with Gasteiger partial charge in [-0.2, -0.15) is 5.10 Å². The molecule has 0 radical (unpaired) electrons. The number of likely N-dealkylation sites (N-methyl/N-ethyl adjacent to an activating group) is 1.